The van der Waals surface area contributed by atoms with E-state index >= 15 is 0 Å². The lowest BCUT2D eigenvalue weighted by atomic mass is 10.1. The molecule has 0 aliphatic heterocycles. The Bertz CT molecular complexity index is 508. The number of aryl methyl sites for hydroxylation is 1. The lowest BCUT2D eigenvalue weighted by Gasteiger charge is -2.21. The maximum atomic E-state index is 4.23. The van der Waals surface area contributed by atoms with E-state index in [9.17, 15) is 0 Å². The van der Waals surface area contributed by atoms with Crippen molar-refractivity contribution in [2.45, 2.75) is 26.8 Å². The van der Waals surface area contributed by atoms with Crippen molar-refractivity contribution in [2.24, 2.45) is 5.92 Å². The lowest BCUT2D eigenvalue weighted by Crippen LogP contribution is -2.26. The van der Waals surface area contributed by atoms with Gasteiger partial charge >= 0.3 is 0 Å². The molecule has 0 aliphatic rings. The van der Waals surface area contributed by atoms with Crippen molar-refractivity contribution in [3.05, 3.63) is 24.0 Å². The molecule has 2 unspecified atom stereocenters. The molecule has 5 heteroatoms. The van der Waals surface area contributed by atoms with Crippen LogP contribution in [0.25, 0.3) is 5.65 Å². The maximum absolute atomic E-state index is 4.23. The van der Waals surface area contributed by atoms with Crippen LogP contribution in [0.5, 0.6) is 0 Å². The minimum Gasteiger partial charge on any atom is -0.367 e. The van der Waals surface area contributed by atoms with E-state index in [1.54, 1.807) is 6.33 Å². The summed E-state index contributed by atoms with van der Waals surface area (Å²) >= 11 is 3.51. The monoisotopic (exact) mass is 296 g/mol. The fraction of sp³-hybridized carbons (Fsp3) is 0.500. The molecule has 2 atom stereocenters. The highest BCUT2D eigenvalue weighted by atomic mass is 79.9. The summed E-state index contributed by atoms with van der Waals surface area (Å²) in [7, 11) is 0. The first kappa shape index (κ1) is 12.4. The zero-order valence-electron chi connectivity index (χ0n) is 10.3. The Morgan fingerprint density at radius 3 is 2.88 bits per heavy atom. The van der Waals surface area contributed by atoms with E-state index in [0.717, 1.165) is 16.8 Å². The molecule has 0 saturated carbocycles. The van der Waals surface area contributed by atoms with Crippen molar-refractivity contribution in [1.29, 1.82) is 0 Å². The zero-order chi connectivity index (χ0) is 12.4. The largest absolute Gasteiger partial charge is 0.367 e. The standard InChI is InChI=1S/C12H17BrN4/c1-8-4-11-14-7-15-17(11)12(5-8)16-10(3)9(2)6-13/h4-5,7,9-10,16H,6H2,1-3H3. The zero-order valence-corrected chi connectivity index (χ0v) is 11.9. The summed E-state index contributed by atoms with van der Waals surface area (Å²) in [6.07, 6.45) is 1.58. The van der Waals surface area contributed by atoms with Crippen LogP contribution in [0.1, 0.15) is 19.4 Å². The number of hydrogen-bond donors (Lipinski definition) is 1. The van der Waals surface area contributed by atoms with Gasteiger partial charge in [-0.3, -0.25) is 0 Å². The minimum atomic E-state index is 0.378. The van der Waals surface area contributed by atoms with Crippen LogP contribution in [0, 0.1) is 12.8 Å². The summed E-state index contributed by atoms with van der Waals surface area (Å²) in [5, 5.41) is 8.70. The molecule has 1 N–H and O–H groups in total. The number of alkyl halides is 1. The Kier molecular flexibility index (Phi) is 3.66. The molecule has 2 aromatic heterocycles. The van der Waals surface area contributed by atoms with E-state index in [0.29, 0.717) is 12.0 Å². The summed E-state index contributed by atoms with van der Waals surface area (Å²) in [6, 6.07) is 4.50. The third-order valence-electron chi connectivity index (χ3n) is 3.00. The van der Waals surface area contributed by atoms with Gasteiger partial charge in [-0.15, -0.1) is 0 Å². The van der Waals surface area contributed by atoms with Crippen LogP contribution in [0.15, 0.2) is 18.5 Å². The number of rotatable bonds is 4. The Hall–Kier alpha value is -1.10. The van der Waals surface area contributed by atoms with Gasteiger partial charge in [0.25, 0.3) is 0 Å². The Balaban J connectivity index is 2.31. The van der Waals surface area contributed by atoms with Crippen molar-refractivity contribution in [2.75, 3.05) is 10.6 Å². The maximum Gasteiger partial charge on any atom is 0.157 e. The summed E-state index contributed by atoms with van der Waals surface area (Å²) < 4.78 is 1.84. The fourth-order valence-electron chi connectivity index (χ4n) is 1.67. The number of fused-ring (bicyclic) bond motifs is 1. The summed E-state index contributed by atoms with van der Waals surface area (Å²) in [4.78, 5) is 4.22. The summed E-state index contributed by atoms with van der Waals surface area (Å²) in [5.41, 5.74) is 2.07. The van der Waals surface area contributed by atoms with Crippen molar-refractivity contribution >= 4 is 27.4 Å². The van der Waals surface area contributed by atoms with Gasteiger partial charge in [0.1, 0.15) is 12.1 Å². The number of anilines is 1. The van der Waals surface area contributed by atoms with Crippen LogP contribution >= 0.6 is 15.9 Å². The quantitative estimate of drug-likeness (QED) is 0.882. The molecule has 2 aromatic rings. The van der Waals surface area contributed by atoms with Gasteiger partial charge in [-0.25, -0.2) is 4.98 Å². The predicted octanol–water partition coefficient (Wildman–Crippen LogP) is 2.87. The van der Waals surface area contributed by atoms with Crippen LogP contribution in [0.4, 0.5) is 5.82 Å². The van der Waals surface area contributed by atoms with E-state index in [-0.39, 0.29) is 0 Å². The molecule has 0 aliphatic carbocycles. The molecule has 4 nitrogen and oxygen atoms in total. The minimum absolute atomic E-state index is 0.378. The molecule has 0 amide bonds. The topological polar surface area (TPSA) is 42.2 Å². The molecular formula is C12H17BrN4. The highest BCUT2D eigenvalue weighted by Crippen LogP contribution is 2.17. The molecule has 0 fully saturated rings. The Morgan fingerprint density at radius 1 is 1.41 bits per heavy atom. The van der Waals surface area contributed by atoms with Gasteiger partial charge in [0.2, 0.25) is 0 Å². The van der Waals surface area contributed by atoms with Gasteiger partial charge in [-0.05, 0) is 37.5 Å². The van der Waals surface area contributed by atoms with E-state index in [1.807, 2.05) is 10.6 Å². The number of aromatic nitrogens is 3. The number of halogens is 1. The predicted molar refractivity (Wildman–Crippen MR) is 73.8 cm³/mol. The summed E-state index contributed by atoms with van der Waals surface area (Å²) in [6.45, 7) is 6.45. The second-order valence-electron chi connectivity index (χ2n) is 4.51. The van der Waals surface area contributed by atoms with E-state index < -0.39 is 0 Å². The highest BCUT2D eigenvalue weighted by molar-refractivity contribution is 9.09. The van der Waals surface area contributed by atoms with Crippen LogP contribution in [-0.4, -0.2) is 26.0 Å². The number of nitrogens with one attached hydrogen (secondary N) is 1. The van der Waals surface area contributed by atoms with Gasteiger partial charge in [-0.1, -0.05) is 22.9 Å². The molecule has 92 valence electrons. The Morgan fingerprint density at radius 2 is 2.18 bits per heavy atom. The number of pyridine rings is 1. The smallest absolute Gasteiger partial charge is 0.157 e. The second kappa shape index (κ2) is 5.04. The normalized spacial score (nSPS) is 14.8. The number of hydrogen-bond acceptors (Lipinski definition) is 3. The van der Waals surface area contributed by atoms with Gasteiger partial charge in [0.05, 0.1) is 0 Å². The first-order valence-corrected chi connectivity index (χ1v) is 6.87. The van der Waals surface area contributed by atoms with Crippen molar-refractivity contribution < 1.29 is 0 Å². The van der Waals surface area contributed by atoms with Crippen molar-refractivity contribution in [3.63, 3.8) is 0 Å². The van der Waals surface area contributed by atoms with Gasteiger partial charge in [0.15, 0.2) is 5.65 Å². The van der Waals surface area contributed by atoms with Crippen molar-refractivity contribution in [1.82, 2.24) is 14.6 Å². The van der Waals surface area contributed by atoms with Crippen LogP contribution in [0.2, 0.25) is 0 Å². The fourth-order valence-corrected chi connectivity index (χ4v) is 2.23. The summed E-state index contributed by atoms with van der Waals surface area (Å²) in [5.74, 6) is 1.55. The van der Waals surface area contributed by atoms with E-state index in [1.165, 1.54) is 5.56 Å². The molecule has 2 rings (SSSR count). The lowest BCUT2D eigenvalue weighted by molar-refractivity contribution is 0.568. The van der Waals surface area contributed by atoms with E-state index in [2.05, 4.69) is 58.2 Å². The first-order chi connectivity index (χ1) is 8.11. The third-order valence-corrected chi connectivity index (χ3v) is 4.02. The number of nitrogens with zero attached hydrogens (tertiary/aromatic N) is 3. The van der Waals surface area contributed by atoms with Crippen LogP contribution < -0.4 is 5.32 Å². The van der Waals surface area contributed by atoms with Crippen LogP contribution in [-0.2, 0) is 0 Å². The van der Waals surface area contributed by atoms with Crippen LogP contribution in [0.3, 0.4) is 0 Å². The molecule has 17 heavy (non-hydrogen) atoms. The van der Waals surface area contributed by atoms with Gasteiger partial charge in [0, 0.05) is 11.4 Å². The second-order valence-corrected chi connectivity index (χ2v) is 5.16. The molecule has 2 heterocycles. The van der Waals surface area contributed by atoms with Gasteiger partial charge < -0.3 is 5.32 Å². The molecule has 0 spiro atoms. The molecule has 0 radical (unpaired) electrons. The van der Waals surface area contributed by atoms with Gasteiger partial charge in [-0.2, -0.15) is 9.61 Å². The molecule has 0 saturated heterocycles. The average molecular weight is 297 g/mol. The highest BCUT2D eigenvalue weighted by Gasteiger charge is 2.12. The van der Waals surface area contributed by atoms with E-state index in [4.69, 9.17) is 0 Å². The molecule has 0 bridgehead atoms. The Labute approximate surface area is 110 Å². The molecular weight excluding hydrogens is 280 g/mol. The first-order valence-electron chi connectivity index (χ1n) is 5.74. The SMILES string of the molecule is Cc1cc(NC(C)C(C)CBr)n2ncnc2c1. The average Bonchev–Trinajstić information content (AvgIpc) is 2.75. The third kappa shape index (κ3) is 2.60. The van der Waals surface area contributed by atoms with Crippen molar-refractivity contribution in [3.8, 4) is 0 Å². The molecule has 0 aromatic carbocycles.